The van der Waals surface area contributed by atoms with Crippen LogP contribution in [0.1, 0.15) is 25.3 Å². The Balaban J connectivity index is 1.88. The Labute approximate surface area is 96.2 Å². The molecule has 2 rings (SSSR count). The quantitative estimate of drug-likeness (QED) is 0.834. The number of ether oxygens (including phenoxy) is 1. The Kier molecular flexibility index (Phi) is 3.30. The fourth-order valence-corrected chi connectivity index (χ4v) is 2.23. The molecule has 0 radical (unpaired) electrons. The molecule has 16 heavy (non-hydrogen) atoms. The number of aryl methyl sites for hydroxylation is 2. The molecular weight excluding hydrogens is 204 g/mol. The molecule has 2 unspecified atom stereocenters. The van der Waals surface area contributed by atoms with Crippen LogP contribution in [0.15, 0.2) is 12.4 Å². The molecule has 1 fully saturated rings. The molecule has 2 heterocycles. The van der Waals surface area contributed by atoms with Gasteiger partial charge < -0.3 is 9.84 Å². The van der Waals surface area contributed by atoms with Crippen LogP contribution in [-0.4, -0.2) is 33.7 Å². The van der Waals surface area contributed by atoms with Crippen molar-refractivity contribution in [2.75, 3.05) is 13.2 Å². The SMILES string of the molecule is Cn1cc(CCC(C)(O)C2CCOC2)cn1. The van der Waals surface area contributed by atoms with Crippen LogP contribution in [0.4, 0.5) is 0 Å². The van der Waals surface area contributed by atoms with Gasteiger partial charge in [-0.05, 0) is 31.7 Å². The summed E-state index contributed by atoms with van der Waals surface area (Å²) in [6.07, 6.45) is 6.48. The fourth-order valence-electron chi connectivity index (χ4n) is 2.23. The number of nitrogens with zero attached hydrogens (tertiary/aromatic N) is 2. The molecule has 1 aliphatic rings. The second kappa shape index (κ2) is 4.55. The summed E-state index contributed by atoms with van der Waals surface area (Å²) >= 11 is 0. The summed E-state index contributed by atoms with van der Waals surface area (Å²) < 4.78 is 7.12. The van der Waals surface area contributed by atoms with Crippen molar-refractivity contribution in [3.63, 3.8) is 0 Å². The van der Waals surface area contributed by atoms with Gasteiger partial charge >= 0.3 is 0 Å². The molecule has 90 valence electrons. The molecule has 1 aromatic rings. The maximum atomic E-state index is 10.4. The molecule has 1 aliphatic heterocycles. The van der Waals surface area contributed by atoms with Gasteiger partial charge in [0.2, 0.25) is 0 Å². The van der Waals surface area contributed by atoms with Gasteiger partial charge in [0.25, 0.3) is 0 Å². The van der Waals surface area contributed by atoms with Crippen molar-refractivity contribution in [2.45, 2.75) is 31.8 Å². The van der Waals surface area contributed by atoms with Crippen LogP contribution in [0, 0.1) is 5.92 Å². The number of aromatic nitrogens is 2. The van der Waals surface area contributed by atoms with Gasteiger partial charge in [-0.15, -0.1) is 0 Å². The lowest BCUT2D eigenvalue weighted by atomic mass is 9.84. The molecule has 2 atom stereocenters. The third-order valence-electron chi connectivity index (χ3n) is 3.49. The van der Waals surface area contributed by atoms with E-state index in [9.17, 15) is 5.11 Å². The normalized spacial score (nSPS) is 24.6. The van der Waals surface area contributed by atoms with Gasteiger partial charge in [0.15, 0.2) is 0 Å². The Morgan fingerprint density at radius 2 is 2.50 bits per heavy atom. The maximum Gasteiger partial charge on any atom is 0.0673 e. The Morgan fingerprint density at radius 1 is 1.69 bits per heavy atom. The number of hydrogen-bond acceptors (Lipinski definition) is 3. The van der Waals surface area contributed by atoms with Gasteiger partial charge in [-0.1, -0.05) is 0 Å². The average Bonchev–Trinajstić information content (AvgIpc) is 2.85. The lowest BCUT2D eigenvalue weighted by molar-refractivity contribution is -0.0119. The summed E-state index contributed by atoms with van der Waals surface area (Å²) in [6.45, 7) is 3.40. The van der Waals surface area contributed by atoms with E-state index in [2.05, 4.69) is 5.10 Å². The van der Waals surface area contributed by atoms with Gasteiger partial charge in [0, 0.05) is 25.8 Å². The molecule has 1 saturated heterocycles. The second-order valence-corrected chi connectivity index (χ2v) is 4.94. The summed E-state index contributed by atoms with van der Waals surface area (Å²) in [5.74, 6) is 0.282. The van der Waals surface area contributed by atoms with E-state index in [-0.39, 0.29) is 5.92 Å². The Morgan fingerprint density at radius 3 is 3.06 bits per heavy atom. The standard InChI is InChI=1S/C12H20N2O2/c1-12(15,11-4-6-16-9-11)5-3-10-7-13-14(2)8-10/h7-8,11,15H,3-6,9H2,1-2H3. The van der Waals surface area contributed by atoms with Crippen LogP contribution >= 0.6 is 0 Å². The van der Waals surface area contributed by atoms with Crippen LogP contribution in [0.5, 0.6) is 0 Å². The van der Waals surface area contributed by atoms with E-state index < -0.39 is 5.60 Å². The Hall–Kier alpha value is -0.870. The smallest absolute Gasteiger partial charge is 0.0673 e. The molecule has 0 aromatic carbocycles. The van der Waals surface area contributed by atoms with E-state index in [1.54, 1.807) is 4.68 Å². The summed E-state index contributed by atoms with van der Waals surface area (Å²) in [5.41, 5.74) is 0.563. The van der Waals surface area contributed by atoms with E-state index in [1.807, 2.05) is 26.4 Å². The summed E-state index contributed by atoms with van der Waals surface area (Å²) in [7, 11) is 1.91. The van der Waals surface area contributed by atoms with Crippen molar-refractivity contribution in [3.05, 3.63) is 18.0 Å². The minimum atomic E-state index is -0.619. The van der Waals surface area contributed by atoms with E-state index in [0.717, 1.165) is 25.9 Å². The maximum absolute atomic E-state index is 10.4. The highest BCUT2D eigenvalue weighted by atomic mass is 16.5. The van der Waals surface area contributed by atoms with Gasteiger partial charge in [0.1, 0.15) is 0 Å². The second-order valence-electron chi connectivity index (χ2n) is 4.94. The van der Waals surface area contributed by atoms with Gasteiger partial charge in [-0.25, -0.2) is 0 Å². The predicted octanol–water partition coefficient (Wildman–Crippen LogP) is 1.14. The fraction of sp³-hybridized carbons (Fsp3) is 0.750. The highest BCUT2D eigenvalue weighted by molar-refractivity contribution is 5.05. The highest BCUT2D eigenvalue weighted by Gasteiger charge is 2.34. The number of rotatable bonds is 4. The van der Waals surface area contributed by atoms with Gasteiger partial charge in [0.05, 0.1) is 18.4 Å². The molecule has 0 bridgehead atoms. The zero-order chi connectivity index (χ0) is 11.6. The first-order chi connectivity index (χ1) is 7.58. The minimum absolute atomic E-state index is 0.282. The molecule has 1 N–H and O–H groups in total. The molecule has 0 amide bonds. The number of hydrogen-bond donors (Lipinski definition) is 1. The van der Waals surface area contributed by atoms with Gasteiger partial charge in [-0.3, -0.25) is 4.68 Å². The summed E-state index contributed by atoms with van der Waals surface area (Å²) in [4.78, 5) is 0. The van der Waals surface area contributed by atoms with Crippen molar-refractivity contribution >= 4 is 0 Å². The molecule has 4 nitrogen and oxygen atoms in total. The Bertz CT molecular complexity index is 341. The number of aliphatic hydroxyl groups is 1. The van der Waals surface area contributed by atoms with Crippen LogP contribution in [-0.2, 0) is 18.2 Å². The average molecular weight is 224 g/mol. The monoisotopic (exact) mass is 224 g/mol. The van der Waals surface area contributed by atoms with Crippen molar-refractivity contribution < 1.29 is 9.84 Å². The van der Waals surface area contributed by atoms with E-state index in [0.29, 0.717) is 6.61 Å². The minimum Gasteiger partial charge on any atom is -0.390 e. The van der Waals surface area contributed by atoms with E-state index >= 15 is 0 Å². The molecular formula is C12H20N2O2. The van der Waals surface area contributed by atoms with Crippen LogP contribution in [0.3, 0.4) is 0 Å². The topological polar surface area (TPSA) is 47.3 Å². The van der Waals surface area contributed by atoms with Crippen LogP contribution < -0.4 is 0 Å². The van der Waals surface area contributed by atoms with E-state index in [1.165, 1.54) is 5.56 Å². The van der Waals surface area contributed by atoms with Crippen LogP contribution in [0.2, 0.25) is 0 Å². The zero-order valence-corrected chi connectivity index (χ0v) is 10.0. The van der Waals surface area contributed by atoms with Crippen molar-refractivity contribution in [1.29, 1.82) is 0 Å². The first-order valence-electron chi connectivity index (χ1n) is 5.85. The van der Waals surface area contributed by atoms with E-state index in [4.69, 9.17) is 4.74 Å². The molecule has 1 aromatic heterocycles. The molecule has 0 saturated carbocycles. The first kappa shape index (κ1) is 11.6. The third kappa shape index (κ3) is 2.62. The largest absolute Gasteiger partial charge is 0.390 e. The molecule has 0 aliphatic carbocycles. The predicted molar refractivity (Wildman–Crippen MR) is 61.1 cm³/mol. The third-order valence-corrected chi connectivity index (χ3v) is 3.49. The lowest BCUT2D eigenvalue weighted by Gasteiger charge is -2.28. The van der Waals surface area contributed by atoms with Gasteiger partial charge in [-0.2, -0.15) is 5.10 Å². The zero-order valence-electron chi connectivity index (χ0n) is 10.0. The summed E-state index contributed by atoms with van der Waals surface area (Å²) in [5, 5.41) is 14.5. The molecule has 4 heteroatoms. The van der Waals surface area contributed by atoms with Crippen molar-refractivity contribution in [2.24, 2.45) is 13.0 Å². The van der Waals surface area contributed by atoms with Crippen molar-refractivity contribution in [3.8, 4) is 0 Å². The summed E-state index contributed by atoms with van der Waals surface area (Å²) in [6, 6.07) is 0. The lowest BCUT2D eigenvalue weighted by Crippen LogP contribution is -2.35. The highest BCUT2D eigenvalue weighted by Crippen LogP contribution is 2.29. The first-order valence-corrected chi connectivity index (χ1v) is 5.85. The van der Waals surface area contributed by atoms with Crippen LogP contribution in [0.25, 0.3) is 0 Å². The molecule has 0 spiro atoms. The van der Waals surface area contributed by atoms with Crippen molar-refractivity contribution in [1.82, 2.24) is 9.78 Å².